The average Bonchev–Trinajstić information content (AvgIpc) is 3.14. The highest BCUT2D eigenvalue weighted by molar-refractivity contribution is 7.46. The smallest absolute Gasteiger partial charge is 0.462 e. The van der Waals surface area contributed by atoms with Crippen molar-refractivity contribution in [1.82, 2.24) is 0 Å². The van der Waals surface area contributed by atoms with E-state index < -0.39 is 32.5 Å². The van der Waals surface area contributed by atoms with E-state index in [4.69, 9.17) is 19.3 Å². The second-order valence-electron chi connectivity index (χ2n) is 13.2. The molecule has 0 spiro atoms. The minimum absolute atomic E-state index is 0.119. The zero-order valence-corrected chi connectivity index (χ0v) is 34.5. The Morgan fingerprint density at radius 2 is 0.870 bits per heavy atom. The molecule has 0 saturated carbocycles. The molecule has 0 aromatic rings. The second-order valence-corrected chi connectivity index (χ2v) is 14.5. The molecule has 0 aliphatic carbocycles. The Labute approximate surface area is 328 Å². The lowest BCUT2D eigenvalue weighted by Gasteiger charge is -2.18. The Balaban J connectivity index is 4.17. The van der Waals surface area contributed by atoms with Crippen LogP contribution in [-0.2, 0) is 28.2 Å². The molecular formula is C45H73O8P. The zero-order chi connectivity index (χ0) is 39.6. The number of allylic oxidation sites excluding steroid dienone is 16. The van der Waals surface area contributed by atoms with E-state index in [0.29, 0.717) is 19.3 Å². The van der Waals surface area contributed by atoms with Crippen molar-refractivity contribution >= 4 is 19.8 Å². The van der Waals surface area contributed by atoms with Crippen LogP contribution in [0.15, 0.2) is 97.2 Å². The van der Waals surface area contributed by atoms with Crippen molar-refractivity contribution < 1.29 is 37.9 Å². The monoisotopic (exact) mass is 773 g/mol. The maximum atomic E-state index is 12.4. The van der Waals surface area contributed by atoms with Crippen LogP contribution in [0.4, 0.5) is 0 Å². The first kappa shape index (κ1) is 51.0. The lowest BCUT2D eigenvalue weighted by atomic mass is 10.1. The number of carbonyl (C=O) groups excluding carboxylic acids is 2. The molecule has 0 aromatic carbocycles. The van der Waals surface area contributed by atoms with Crippen molar-refractivity contribution in [3.05, 3.63) is 97.2 Å². The summed E-state index contributed by atoms with van der Waals surface area (Å²) in [6.07, 6.45) is 54.3. The van der Waals surface area contributed by atoms with E-state index in [-0.39, 0.29) is 19.4 Å². The molecule has 0 fully saturated rings. The first-order valence-electron chi connectivity index (χ1n) is 20.5. The Kier molecular flexibility index (Phi) is 37.4. The summed E-state index contributed by atoms with van der Waals surface area (Å²) in [7, 11) is -4.79. The summed E-state index contributed by atoms with van der Waals surface area (Å²) in [6.45, 7) is 3.53. The van der Waals surface area contributed by atoms with Crippen molar-refractivity contribution in [2.24, 2.45) is 0 Å². The standard InChI is InChI=1S/C45H73O8P/c1-3-5-7-9-11-13-15-17-19-21-22-24-25-27-29-31-33-35-37-39-44(46)51-41-43(42-52-54(48,49)50)53-45(47)40-38-36-34-32-30-28-26-23-20-18-16-14-12-10-8-6-4-2/h11,13,17-20,22,24,26-29,32-35,43H,3-10,12,14-16,21,23,25,30-31,36-42H2,1-2H3,(H2,48,49,50)/b13-11+,19-17+,20-18+,24-22+,28-26+,29-27+,34-32+,35-33+/t43-/m1/s1. The third kappa shape index (κ3) is 41.7. The summed E-state index contributed by atoms with van der Waals surface area (Å²) in [5.74, 6) is -1.05. The van der Waals surface area contributed by atoms with Gasteiger partial charge < -0.3 is 19.3 Å². The van der Waals surface area contributed by atoms with Crippen LogP contribution >= 0.6 is 7.82 Å². The second kappa shape index (κ2) is 39.7. The summed E-state index contributed by atoms with van der Waals surface area (Å²) in [5, 5.41) is 0. The van der Waals surface area contributed by atoms with Crippen molar-refractivity contribution in [3.63, 3.8) is 0 Å². The Morgan fingerprint density at radius 3 is 1.35 bits per heavy atom. The van der Waals surface area contributed by atoms with Gasteiger partial charge in [-0.25, -0.2) is 4.57 Å². The first-order valence-corrected chi connectivity index (χ1v) is 22.1. The molecule has 1 atom stereocenters. The highest BCUT2D eigenvalue weighted by atomic mass is 31.2. The predicted octanol–water partition coefficient (Wildman–Crippen LogP) is 12.6. The fraction of sp³-hybridized carbons (Fsp3) is 0.600. The Bertz CT molecular complexity index is 1190. The van der Waals surface area contributed by atoms with Gasteiger partial charge in [-0.2, -0.15) is 0 Å². The molecule has 9 heteroatoms. The van der Waals surface area contributed by atoms with E-state index in [1.807, 2.05) is 18.2 Å². The van der Waals surface area contributed by atoms with E-state index in [1.54, 1.807) is 0 Å². The van der Waals surface area contributed by atoms with Gasteiger partial charge in [0.05, 0.1) is 6.61 Å². The van der Waals surface area contributed by atoms with Gasteiger partial charge in [-0.3, -0.25) is 14.1 Å². The van der Waals surface area contributed by atoms with Crippen molar-refractivity contribution in [1.29, 1.82) is 0 Å². The number of hydrogen-bond acceptors (Lipinski definition) is 6. The minimum atomic E-state index is -4.79. The van der Waals surface area contributed by atoms with Gasteiger partial charge in [0, 0.05) is 12.8 Å². The normalized spacial score (nSPS) is 13.5. The molecule has 306 valence electrons. The van der Waals surface area contributed by atoms with E-state index in [9.17, 15) is 14.2 Å². The number of phosphoric acid groups is 1. The molecule has 0 amide bonds. The quantitative estimate of drug-likeness (QED) is 0.0280. The number of esters is 2. The van der Waals surface area contributed by atoms with Gasteiger partial charge in [0.15, 0.2) is 6.10 Å². The number of ether oxygens (including phenoxy) is 2. The van der Waals surface area contributed by atoms with Gasteiger partial charge in [0.25, 0.3) is 0 Å². The van der Waals surface area contributed by atoms with Crippen molar-refractivity contribution in [2.75, 3.05) is 13.2 Å². The van der Waals surface area contributed by atoms with Crippen LogP contribution < -0.4 is 0 Å². The molecule has 0 saturated heterocycles. The fourth-order valence-corrected chi connectivity index (χ4v) is 5.38. The lowest BCUT2D eigenvalue weighted by Crippen LogP contribution is -2.29. The van der Waals surface area contributed by atoms with Gasteiger partial charge >= 0.3 is 19.8 Å². The maximum Gasteiger partial charge on any atom is 0.469 e. The highest BCUT2D eigenvalue weighted by Crippen LogP contribution is 2.35. The van der Waals surface area contributed by atoms with Crippen LogP contribution in [-0.4, -0.2) is 41.0 Å². The fourth-order valence-electron chi connectivity index (χ4n) is 5.02. The highest BCUT2D eigenvalue weighted by Gasteiger charge is 2.22. The van der Waals surface area contributed by atoms with Gasteiger partial charge in [-0.1, -0.05) is 156 Å². The Morgan fingerprint density at radius 1 is 0.481 bits per heavy atom. The molecular weight excluding hydrogens is 699 g/mol. The molecule has 2 N–H and O–H groups in total. The Hall–Kier alpha value is -3.03. The summed E-state index contributed by atoms with van der Waals surface area (Å²) < 4.78 is 26.2. The molecule has 0 unspecified atom stereocenters. The molecule has 54 heavy (non-hydrogen) atoms. The number of unbranched alkanes of at least 4 members (excludes halogenated alkanes) is 10. The topological polar surface area (TPSA) is 119 Å². The van der Waals surface area contributed by atoms with Crippen LogP contribution in [0.2, 0.25) is 0 Å². The largest absolute Gasteiger partial charge is 0.469 e. The average molecular weight is 773 g/mol. The van der Waals surface area contributed by atoms with E-state index in [2.05, 4.69) is 97.4 Å². The molecule has 0 aromatic heterocycles. The minimum Gasteiger partial charge on any atom is -0.462 e. The number of phosphoric ester groups is 1. The van der Waals surface area contributed by atoms with Gasteiger partial charge in [0.2, 0.25) is 0 Å². The van der Waals surface area contributed by atoms with Gasteiger partial charge in [-0.05, 0) is 83.5 Å². The van der Waals surface area contributed by atoms with Gasteiger partial charge in [-0.15, -0.1) is 0 Å². The van der Waals surface area contributed by atoms with E-state index >= 15 is 0 Å². The van der Waals surface area contributed by atoms with E-state index in [0.717, 1.165) is 44.9 Å². The molecule has 0 aliphatic heterocycles. The third-order valence-electron chi connectivity index (χ3n) is 8.09. The molecule has 0 bridgehead atoms. The first-order chi connectivity index (χ1) is 26.3. The van der Waals surface area contributed by atoms with Crippen LogP contribution in [0.1, 0.15) is 155 Å². The van der Waals surface area contributed by atoms with Crippen molar-refractivity contribution in [2.45, 2.75) is 161 Å². The van der Waals surface area contributed by atoms with Crippen LogP contribution in [0, 0.1) is 0 Å². The maximum absolute atomic E-state index is 12.4. The summed E-state index contributed by atoms with van der Waals surface area (Å²) in [5.41, 5.74) is 0. The van der Waals surface area contributed by atoms with Gasteiger partial charge in [0.1, 0.15) is 6.61 Å². The number of rotatable bonds is 36. The van der Waals surface area contributed by atoms with Crippen LogP contribution in [0.5, 0.6) is 0 Å². The molecule has 0 radical (unpaired) electrons. The molecule has 0 rings (SSSR count). The summed E-state index contributed by atoms with van der Waals surface area (Å²) in [4.78, 5) is 42.7. The lowest BCUT2D eigenvalue weighted by molar-refractivity contribution is -0.161. The molecule has 8 nitrogen and oxygen atoms in total. The predicted molar refractivity (Wildman–Crippen MR) is 225 cm³/mol. The SMILES string of the molecule is CCCCC/C=C/C/C=C/C/C=C/C/C=C/C/C=C/CCC(=O)OC[C@H](COP(=O)(O)O)OC(=O)CCC/C=C/C/C=C/C/C=C/CCCCCCCC. The van der Waals surface area contributed by atoms with Crippen LogP contribution in [0.3, 0.4) is 0 Å². The molecule has 0 heterocycles. The molecule has 0 aliphatic rings. The van der Waals surface area contributed by atoms with Crippen LogP contribution in [0.25, 0.3) is 0 Å². The van der Waals surface area contributed by atoms with E-state index in [1.165, 1.54) is 64.2 Å². The summed E-state index contributed by atoms with van der Waals surface area (Å²) >= 11 is 0. The zero-order valence-electron chi connectivity index (χ0n) is 33.6. The number of hydrogen-bond donors (Lipinski definition) is 2. The van der Waals surface area contributed by atoms with Crippen molar-refractivity contribution in [3.8, 4) is 0 Å². The number of carbonyl (C=O) groups is 2. The summed E-state index contributed by atoms with van der Waals surface area (Å²) in [6, 6.07) is 0. The third-order valence-corrected chi connectivity index (χ3v) is 8.57.